The van der Waals surface area contributed by atoms with Crippen LogP contribution >= 0.6 is 0 Å². The summed E-state index contributed by atoms with van der Waals surface area (Å²) in [5.74, 6) is 0.00958. The molecular formula is C16H25N3O. The lowest BCUT2D eigenvalue weighted by Gasteiger charge is -2.23. The van der Waals surface area contributed by atoms with Crippen LogP contribution in [0.2, 0.25) is 0 Å². The standard InChI is InChI=1S/C16H25N3O/c1-13(19-10-2-3-11-19)12-18-16(20)15-6-4-14(5-7-15)8-9-17/h4-7,13H,2-3,8-12,17H2,1H3,(H,18,20). The molecule has 0 radical (unpaired) electrons. The molecule has 4 heteroatoms. The molecule has 1 aliphatic heterocycles. The summed E-state index contributed by atoms with van der Waals surface area (Å²) in [6, 6.07) is 8.12. The Bertz CT molecular complexity index is 424. The summed E-state index contributed by atoms with van der Waals surface area (Å²) in [7, 11) is 0. The average molecular weight is 275 g/mol. The minimum absolute atomic E-state index is 0.00958. The van der Waals surface area contributed by atoms with E-state index >= 15 is 0 Å². The lowest BCUT2D eigenvalue weighted by Crippen LogP contribution is -2.40. The Kier molecular flexibility index (Phi) is 5.56. The highest BCUT2D eigenvalue weighted by Gasteiger charge is 2.18. The lowest BCUT2D eigenvalue weighted by molar-refractivity contribution is 0.0940. The summed E-state index contributed by atoms with van der Waals surface area (Å²) >= 11 is 0. The highest BCUT2D eigenvalue weighted by atomic mass is 16.1. The van der Waals surface area contributed by atoms with Crippen LogP contribution in [0.1, 0.15) is 35.7 Å². The topological polar surface area (TPSA) is 58.4 Å². The van der Waals surface area contributed by atoms with Crippen LogP contribution in [0.4, 0.5) is 0 Å². The van der Waals surface area contributed by atoms with E-state index in [1.807, 2.05) is 24.3 Å². The van der Waals surface area contributed by atoms with Gasteiger partial charge in [0.05, 0.1) is 0 Å². The number of carbonyl (C=O) groups excluding carboxylic acids is 1. The molecule has 0 bridgehead atoms. The largest absolute Gasteiger partial charge is 0.350 e. The second kappa shape index (κ2) is 7.41. The number of amides is 1. The van der Waals surface area contributed by atoms with E-state index in [1.54, 1.807) is 0 Å². The third kappa shape index (κ3) is 4.05. The van der Waals surface area contributed by atoms with E-state index in [1.165, 1.54) is 18.4 Å². The zero-order chi connectivity index (χ0) is 14.4. The number of carbonyl (C=O) groups is 1. The Morgan fingerprint density at radius 2 is 1.95 bits per heavy atom. The Balaban J connectivity index is 1.81. The van der Waals surface area contributed by atoms with Crippen molar-refractivity contribution in [2.24, 2.45) is 5.73 Å². The van der Waals surface area contributed by atoms with E-state index in [-0.39, 0.29) is 5.91 Å². The monoisotopic (exact) mass is 275 g/mol. The lowest BCUT2D eigenvalue weighted by atomic mass is 10.1. The van der Waals surface area contributed by atoms with E-state index < -0.39 is 0 Å². The van der Waals surface area contributed by atoms with Crippen molar-refractivity contribution in [3.63, 3.8) is 0 Å². The first-order chi connectivity index (χ1) is 9.70. The molecule has 0 spiro atoms. The smallest absolute Gasteiger partial charge is 0.251 e. The number of nitrogens with one attached hydrogen (secondary N) is 1. The van der Waals surface area contributed by atoms with Gasteiger partial charge in [0, 0.05) is 18.2 Å². The molecule has 0 aliphatic carbocycles. The third-order valence-electron chi connectivity index (χ3n) is 3.97. The summed E-state index contributed by atoms with van der Waals surface area (Å²) in [6.45, 7) is 5.84. The summed E-state index contributed by atoms with van der Waals surface area (Å²) in [6.07, 6.45) is 3.41. The number of nitrogens with zero attached hydrogens (tertiary/aromatic N) is 1. The molecule has 0 aromatic heterocycles. The molecule has 1 heterocycles. The SMILES string of the molecule is CC(CNC(=O)c1ccc(CCN)cc1)N1CCCC1. The molecular weight excluding hydrogens is 250 g/mol. The fourth-order valence-electron chi connectivity index (χ4n) is 2.64. The Hall–Kier alpha value is -1.39. The van der Waals surface area contributed by atoms with Gasteiger partial charge in [-0.05, 0) is 63.5 Å². The van der Waals surface area contributed by atoms with Crippen LogP contribution in [0.5, 0.6) is 0 Å². The van der Waals surface area contributed by atoms with Crippen molar-refractivity contribution in [1.29, 1.82) is 0 Å². The predicted octanol–water partition coefficient (Wildman–Crippen LogP) is 1.40. The van der Waals surface area contributed by atoms with Gasteiger partial charge in [-0.1, -0.05) is 12.1 Å². The van der Waals surface area contributed by atoms with Gasteiger partial charge in [-0.2, -0.15) is 0 Å². The molecule has 1 saturated heterocycles. The minimum atomic E-state index is 0.00958. The normalized spacial score (nSPS) is 17.1. The molecule has 0 saturated carbocycles. The molecule has 1 aromatic rings. The molecule has 1 unspecified atom stereocenters. The van der Waals surface area contributed by atoms with Crippen molar-refractivity contribution in [2.75, 3.05) is 26.2 Å². The molecule has 4 nitrogen and oxygen atoms in total. The van der Waals surface area contributed by atoms with Crippen LogP contribution < -0.4 is 11.1 Å². The first-order valence-electron chi connectivity index (χ1n) is 7.52. The molecule has 1 amide bonds. The first kappa shape index (κ1) is 15.0. The van der Waals surface area contributed by atoms with E-state index in [4.69, 9.17) is 5.73 Å². The van der Waals surface area contributed by atoms with Crippen LogP contribution in [0.25, 0.3) is 0 Å². The van der Waals surface area contributed by atoms with Gasteiger partial charge in [0.2, 0.25) is 0 Å². The van der Waals surface area contributed by atoms with Crippen molar-refractivity contribution < 1.29 is 4.79 Å². The van der Waals surface area contributed by atoms with Gasteiger partial charge in [-0.3, -0.25) is 9.69 Å². The van der Waals surface area contributed by atoms with Gasteiger partial charge in [-0.15, -0.1) is 0 Å². The molecule has 3 N–H and O–H groups in total. The Labute approximate surface area is 121 Å². The Morgan fingerprint density at radius 1 is 1.30 bits per heavy atom. The first-order valence-corrected chi connectivity index (χ1v) is 7.52. The van der Waals surface area contributed by atoms with E-state index in [2.05, 4.69) is 17.1 Å². The number of benzene rings is 1. The second-order valence-corrected chi connectivity index (χ2v) is 5.54. The van der Waals surface area contributed by atoms with E-state index in [0.29, 0.717) is 19.1 Å². The fraction of sp³-hybridized carbons (Fsp3) is 0.562. The minimum Gasteiger partial charge on any atom is -0.350 e. The fourth-order valence-corrected chi connectivity index (χ4v) is 2.64. The van der Waals surface area contributed by atoms with Crippen LogP contribution in [-0.4, -0.2) is 43.0 Å². The van der Waals surface area contributed by atoms with E-state index in [9.17, 15) is 4.79 Å². The van der Waals surface area contributed by atoms with Crippen molar-refractivity contribution in [3.05, 3.63) is 35.4 Å². The van der Waals surface area contributed by atoms with Crippen molar-refractivity contribution in [2.45, 2.75) is 32.2 Å². The van der Waals surface area contributed by atoms with Gasteiger partial charge in [0.1, 0.15) is 0 Å². The van der Waals surface area contributed by atoms with E-state index in [0.717, 1.165) is 25.1 Å². The number of nitrogens with two attached hydrogens (primary N) is 1. The highest BCUT2D eigenvalue weighted by Crippen LogP contribution is 2.11. The zero-order valence-electron chi connectivity index (χ0n) is 12.3. The molecule has 1 fully saturated rings. The predicted molar refractivity (Wildman–Crippen MR) is 81.8 cm³/mol. The molecule has 110 valence electrons. The number of hydrogen-bond donors (Lipinski definition) is 2. The van der Waals surface area contributed by atoms with Crippen LogP contribution in [0, 0.1) is 0 Å². The van der Waals surface area contributed by atoms with Crippen LogP contribution in [0.3, 0.4) is 0 Å². The third-order valence-corrected chi connectivity index (χ3v) is 3.97. The van der Waals surface area contributed by atoms with Gasteiger partial charge in [-0.25, -0.2) is 0 Å². The van der Waals surface area contributed by atoms with Crippen LogP contribution in [-0.2, 0) is 6.42 Å². The van der Waals surface area contributed by atoms with Crippen molar-refractivity contribution in [3.8, 4) is 0 Å². The molecule has 20 heavy (non-hydrogen) atoms. The molecule has 1 atom stereocenters. The Morgan fingerprint density at radius 3 is 2.55 bits per heavy atom. The summed E-state index contributed by atoms with van der Waals surface area (Å²) in [5, 5.41) is 3.02. The van der Waals surface area contributed by atoms with Crippen LogP contribution in [0.15, 0.2) is 24.3 Å². The number of likely N-dealkylation sites (tertiary alicyclic amines) is 1. The number of rotatable bonds is 6. The average Bonchev–Trinajstić information content (AvgIpc) is 3.00. The summed E-state index contributed by atoms with van der Waals surface area (Å²) in [4.78, 5) is 14.5. The quantitative estimate of drug-likeness (QED) is 0.825. The van der Waals surface area contributed by atoms with Crippen molar-refractivity contribution in [1.82, 2.24) is 10.2 Å². The zero-order valence-corrected chi connectivity index (χ0v) is 12.3. The van der Waals surface area contributed by atoms with Crippen molar-refractivity contribution >= 4 is 5.91 Å². The number of hydrogen-bond acceptors (Lipinski definition) is 3. The molecule has 2 rings (SSSR count). The summed E-state index contributed by atoms with van der Waals surface area (Å²) in [5.41, 5.74) is 7.41. The van der Waals surface area contributed by atoms with Gasteiger partial charge < -0.3 is 11.1 Å². The van der Waals surface area contributed by atoms with Gasteiger partial charge >= 0.3 is 0 Å². The maximum atomic E-state index is 12.1. The molecule has 1 aliphatic rings. The maximum Gasteiger partial charge on any atom is 0.251 e. The highest BCUT2D eigenvalue weighted by molar-refractivity contribution is 5.94. The summed E-state index contributed by atoms with van der Waals surface area (Å²) < 4.78 is 0. The van der Waals surface area contributed by atoms with Gasteiger partial charge in [0.25, 0.3) is 5.91 Å². The maximum absolute atomic E-state index is 12.1. The second-order valence-electron chi connectivity index (χ2n) is 5.54. The molecule has 1 aromatic carbocycles. The van der Waals surface area contributed by atoms with Gasteiger partial charge in [0.15, 0.2) is 0 Å².